The van der Waals surface area contributed by atoms with E-state index in [0.717, 1.165) is 30.4 Å². The van der Waals surface area contributed by atoms with Crippen LogP contribution in [0.4, 0.5) is 5.69 Å². The van der Waals surface area contributed by atoms with Crippen LogP contribution in [0, 0.1) is 5.92 Å². The second-order valence-corrected chi connectivity index (χ2v) is 7.36. The van der Waals surface area contributed by atoms with Crippen molar-refractivity contribution in [2.45, 2.75) is 20.3 Å². The number of thiophene rings is 1. The molecule has 1 unspecified atom stereocenters. The average Bonchev–Trinajstić information content (AvgIpc) is 3.14. The molecule has 0 saturated heterocycles. The van der Waals surface area contributed by atoms with Gasteiger partial charge < -0.3 is 20.7 Å². The van der Waals surface area contributed by atoms with Crippen molar-refractivity contribution in [3.63, 3.8) is 0 Å². The maximum atomic E-state index is 11.1. The van der Waals surface area contributed by atoms with Crippen molar-refractivity contribution in [3.8, 4) is 5.75 Å². The van der Waals surface area contributed by atoms with E-state index in [1.165, 1.54) is 11.8 Å². The number of carbonyl (C=O) groups is 1. The first-order valence-electron chi connectivity index (χ1n) is 9.04. The SMILES string of the molecule is CN=C(NCCOc1cccc(NC(C)=O)c1)NCC(C)Cc1cccs1. The Balaban J connectivity index is 1.66. The number of hydrogen-bond acceptors (Lipinski definition) is 4. The van der Waals surface area contributed by atoms with E-state index in [-0.39, 0.29) is 5.91 Å². The first-order valence-corrected chi connectivity index (χ1v) is 9.92. The van der Waals surface area contributed by atoms with Gasteiger partial charge in [0.15, 0.2) is 5.96 Å². The van der Waals surface area contributed by atoms with Gasteiger partial charge in [-0.2, -0.15) is 0 Å². The molecule has 0 aliphatic rings. The maximum Gasteiger partial charge on any atom is 0.221 e. The molecule has 2 aromatic rings. The quantitative estimate of drug-likeness (QED) is 0.350. The summed E-state index contributed by atoms with van der Waals surface area (Å²) in [4.78, 5) is 16.8. The minimum Gasteiger partial charge on any atom is -0.492 e. The Morgan fingerprint density at radius 3 is 2.81 bits per heavy atom. The number of benzene rings is 1. The Bertz CT molecular complexity index is 731. The van der Waals surface area contributed by atoms with Gasteiger partial charge in [0.05, 0.1) is 6.54 Å². The Hall–Kier alpha value is -2.54. The van der Waals surface area contributed by atoms with Gasteiger partial charge in [-0.25, -0.2) is 0 Å². The van der Waals surface area contributed by atoms with Crippen LogP contribution >= 0.6 is 11.3 Å². The summed E-state index contributed by atoms with van der Waals surface area (Å²) in [6.45, 7) is 5.69. The van der Waals surface area contributed by atoms with Crippen molar-refractivity contribution in [2.75, 3.05) is 32.1 Å². The first-order chi connectivity index (χ1) is 13.1. The van der Waals surface area contributed by atoms with Gasteiger partial charge in [-0.15, -0.1) is 11.3 Å². The van der Waals surface area contributed by atoms with E-state index >= 15 is 0 Å². The summed E-state index contributed by atoms with van der Waals surface area (Å²) in [7, 11) is 1.76. The standard InChI is InChI=1S/C20H28N4O2S/c1-15(12-19-8-5-11-27-19)14-23-20(21-3)22-9-10-26-18-7-4-6-17(13-18)24-16(2)25/h4-8,11,13,15H,9-10,12,14H2,1-3H3,(H,24,25)(H2,21,22,23). The van der Waals surface area contributed by atoms with E-state index in [1.807, 2.05) is 18.2 Å². The van der Waals surface area contributed by atoms with Crippen LogP contribution < -0.4 is 20.7 Å². The largest absolute Gasteiger partial charge is 0.492 e. The van der Waals surface area contributed by atoms with Gasteiger partial charge in [0.25, 0.3) is 0 Å². The zero-order chi connectivity index (χ0) is 19.5. The van der Waals surface area contributed by atoms with Crippen LogP contribution in [0.2, 0.25) is 0 Å². The summed E-state index contributed by atoms with van der Waals surface area (Å²) >= 11 is 1.80. The molecule has 1 atom stereocenters. The number of nitrogens with zero attached hydrogens (tertiary/aromatic N) is 1. The molecule has 0 aliphatic carbocycles. The molecular formula is C20H28N4O2S. The highest BCUT2D eigenvalue weighted by Crippen LogP contribution is 2.17. The van der Waals surface area contributed by atoms with Crippen LogP contribution in [-0.4, -0.2) is 38.6 Å². The molecule has 27 heavy (non-hydrogen) atoms. The lowest BCUT2D eigenvalue weighted by molar-refractivity contribution is -0.114. The molecule has 146 valence electrons. The average molecular weight is 389 g/mol. The summed E-state index contributed by atoms with van der Waals surface area (Å²) in [5, 5.41) is 11.5. The highest BCUT2D eigenvalue weighted by Gasteiger charge is 2.06. The fourth-order valence-electron chi connectivity index (χ4n) is 2.54. The van der Waals surface area contributed by atoms with Crippen LogP contribution in [0.25, 0.3) is 0 Å². The fraction of sp³-hybridized carbons (Fsp3) is 0.400. The normalized spacial score (nSPS) is 12.3. The van der Waals surface area contributed by atoms with Crippen LogP contribution in [0.3, 0.4) is 0 Å². The molecule has 0 bridgehead atoms. The Morgan fingerprint density at radius 2 is 2.11 bits per heavy atom. The monoisotopic (exact) mass is 388 g/mol. The molecule has 1 heterocycles. The van der Waals surface area contributed by atoms with Gasteiger partial charge in [0, 0.05) is 37.1 Å². The van der Waals surface area contributed by atoms with E-state index < -0.39 is 0 Å². The fourth-order valence-corrected chi connectivity index (χ4v) is 3.41. The van der Waals surface area contributed by atoms with Crippen molar-refractivity contribution in [1.82, 2.24) is 10.6 Å². The van der Waals surface area contributed by atoms with E-state index in [9.17, 15) is 4.79 Å². The lowest BCUT2D eigenvalue weighted by atomic mass is 10.1. The lowest BCUT2D eigenvalue weighted by Gasteiger charge is -2.16. The van der Waals surface area contributed by atoms with E-state index in [4.69, 9.17) is 4.74 Å². The number of nitrogens with one attached hydrogen (secondary N) is 3. The van der Waals surface area contributed by atoms with E-state index in [1.54, 1.807) is 24.5 Å². The van der Waals surface area contributed by atoms with Crippen molar-refractivity contribution in [3.05, 3.63) is 46.7 Å². The molecule has 1 aromatic heterocycles. The number of hydrogen-bond donors (Lipinski definition) is 3. The number of rotatable bonds is 9. The minimum atomic E-state index is -0.100. The van der Waals surface area contributed by atoms with Crippen molar-refractivity contribution in [1.29, 1.82) is 0 Å². The molecule has 6 nitrogen and oxygen atoms in total. The minimum absolute atomic E-state index is 0.100. The molecular weight excluding hydrogens is 360 g/mol. The molecule has 3 N–H and O–H groups in total. The number of amides is 1. The number of aliphatic imine (C=N–C) groups is 1. The van der Waals surface area contributed by atoms with Crippen LogP contribution in [0.1, 0.15) is 18.7 Å². The Morgan fingerprint density at radius 1 is 1.26 bits per heavy atom. The smallest absolute Gasteiger partial charge is 0.221 e. The zero-order valence-corrected chi connectivity index (χ0v) is 16.9. The van der Waals surface area contributed by atoms with E-state index in [0.29, 0.717) is 19.1 Å². The third-order valence-corrected chi connectivity index (χ3v) is 4.69. The molecule has 0 aliphatic heterocycles. The van der Waals surface area contributed by atoms with Gasteiger partial charge in [-0.1, -0.05) is 19.1 Å². The summed E-state index contributed by atoms with van der Waals surface area (Å²) in [6.07, 6.45) is 1.06. The lowest BCUT2D eigenvalue weighted by Crippen LogP contribution is -2.41. The Labute approximate surface area is 165 Å². The molecule has 7 heteroatoms. The zero-order valence-electron chi connectivity index (χ0n) is 16.1. The molecule has 0 saturated carbocycles. The van der Waals surface area contributed by atoms with Crippen LogP contribution in [0.5, 0.6) is 5.75 Å². The second kappa shape index (κ2) is 11.2. The molecule has 1 aromatic carbocycles. The van der Waals surface area contributed by atoms with Gasteiger partial charge in [0.1, 0.15) is 12.4 Å². The molecule has 0 radical (unpaired) electrons. The predicted octanol–water partition coefficient (Wildman–Crippen LogP) is 3.13. The number of carbonyl (C=O) groups excluding carboxylic acids is 1. The maximum absolute atomic E-state index is 11.1. The first kappa shape index (κ1) is 20.8. The summed E-state index contributed by atoms with van der Waals surface area (Å²) in [6, 6.07) is 11.6. The highest BCUT2D eigenvalue weighted by molar-refractivity contribution is 7.09. The summed E-state index contributed by atoms with van der Waals surface area (Å²) in [5.41, 5.74) is 0.727. The summed E-state index contributed by atoms with van der Waals surface area (Å²) in [5.74, 6) is 1.91. The highest BCUT2D eigenvalue weighted by atomic mass is 32.1. The molecule has 1 amide bonds. The van der Waals surface area contributed by atoms with Crippen molar-refractivity contribution < 1.29 is 9.53 Å². The van der Waals surface area contributed by atoms with Crippen molar-refractivity contribution in [2.24, 2.45) is 10.9 Å². The van der Waals surface area contributed by atoms with Gasteiger partial charge in [-0.3, -0.25) is 9.79 Å². The summed E-state index contributed by atoms with van der Waals surface area (Å²) < 4.78 is 5.72. The second-order valence-electron chi connectivity index (χ2n) is 6.33. The van der Waals surface area contributed by atoms with E-state index in [2.05, 4.69) is 45.4 Å². The van der Waals surface area contributed by atoms with Gasteiger partial charge in [0.2, 0.25) is 5.91 Å². The van der Waals surface area contributed by atoms with Crippen LogP contribution in [-0.2, 0) is 11.2 Å². The molecule has 0 spiro atoms. The number of anilines is 1. The van der Waals surface area contributed by atoms with Crippen molar-refractivity contribution >= 4 is 28.9 Å². The number of ether oxygens (including phenoxy) is 1. The predicted molar refractivity (Wildman–Crippen MR) is 113 cm³/mol. The van der Waals surface area contributed by atoms with Gasteiger partial charge >= 0.3 is 0 Å². The topological polar surface area (TPSA) is 74.8 Å². The number of guanidine groups is 1. The van der Waals surface area contributed by atoms with Gasteiger partial charge in [-0.05, 0) is 35.9 Å². The molecule has 0 fully saturated rings. The Kier molecular flexibility index (Phi) is 8.64. The third-order valence-electron chi connectivity index (χ3n) is 3.79. The molecule has 2 rings (SSSR count). The van der Waals surface area contributed by atoms with Crippen LogP contribution in [0.15, 0.2) is 46.8 Å². The third kappa shape index (κ3) is 8.13.